The second kappa shape index (κ2) is 8.04. The Kier molecular flexibility index (Phi) is 5.29. The van der Waals surface area contributed by atoms with Gasteiger partial charge in [-0.1, -0.05) is 46.3 Å². The summed E-state index contributed by atoms with van der Waals surface area (Å²) in [6.45, 7) is 1.87. The standard InChI is InChI=1S/C23H16BrN3O3/c1-13-20(22(28)27-19-10-7-15(12-25-19)23(29)30)17-11-16(24)8-9-18(17)26-21(13)14-5-3-2-4-6-14/h2-12H,1H3,(H,29,30)(H,25,27,28). The molecule has 0 spiro atoms. The van der Waals surface area contributed by atoms with Gasteiger partial charge in [0.05, 0.1) is 22.3 Å². The van der Waals surface area contributed by atoms with Crippen molar-refractivity contribution in [3.05, 3.63) is 88.0 Å². The predicted molar refractivity (Wildman–Crippen MR) is 119 cm³/mol. The van der Waals surface area contributed by atoms with Crippen molar-refractivity contribution in [2.24, 2.45) is 0 Å². The number of amides is 1. The van der Waals surface area contributed by atoms with Crippen molar-refractivity contribution < 1.29 is 14.7 Å². The van der Waals surface area contributed by atoms with Gasteiger partial charge in [0.25, 0.3) is 5.91 Å². The molecule has 0 aliphatic heterocycles. The number of hydrogen-bond acceptors (Lipinski definition) is 4. The number of fused-ring (bicyclic) bond motifs is 1. The van der Waals surface area contributed by atoms with Gasteiger partial charge in [-0.05, 0) is 42.8 Å². The molecule has 0 bridgehead atoms. The maximum atomic E-state index is 13.3. The molecule has 0 aliphatic rings. The van der Waals surface area contributed by atoms with Crippen LogP contribution in [0.5, 0.6) is 0 Å². The minimum absolute atomic E-state index is 0.0498. The first-order valence-corrected chi connectivity index (χ1v) is 9.89. The first-order chi connectivity index (χ1) is 14.4. The Morgan fingerprint density at radius 1 is 1.03 bits per heavy atom. The van der Waals surface area contributed by atoms with Gasteiger partial charge in [0.15, 0.2) is 0 Å². The molecule has 0 saturated heterocycles. The van der Waals surface area contributed by atoms with Crippen LogP contribution in [0.3, 0.4) is 0 Å². The molecule has 0 aliphatic carbocycles. The SMILES string of the molecule is Cc1c(-c2ccccc2)nc2ccc(Br)cc2c1C(=O)Nc1ccc(C(=O)O)cn1. The van der Waals surface area contributed by atoms with Gasteiger partial charge < -0.3 is 10.4 Å². The molecule has 0 fully saturated rings. The Bertz CT molecular complexity index is 1270. The Morgan fingerprint density at radius 2 is 1.80 bits per heavy atom. The van der Waals surface area contributed by atoms with Crippen LogP contribution in [-0.4, -0.2) is 27.0 Å². The molecule has 148 valence electrons. The number of carbonyl (C=O) groups excluding carboxylic acids is 1. The van der Waals surface area contributed by atoms with Crippen molar-refractivity contribution in [1.29, 1.82) is 0 Å². The molecule has 1 amide bonds. The van der Waals surface area contributed by atoms with E-state index in [0.29, 0.717) is 16.5 Å². The zero-order chi connectivity index (χ0) is 21.3. The number of nitrogens with one attached hydrogen (secondary N) is 1. The third kappa shape index (κ3) is 3.79. The van der Waals surface area contributed by atoms with Crippen molar-refractivity contribution in [3.63, 3.8) is 0 Å². The fourth-order valence-corrected chi connectivity index (χ4v) is 3.63. The molecule has 6 nitrogen and oxygen atoms in total. The van der Waals surface area contributed by atoms with Crippen molar-refractivity contribution in [2.45, 2.75) is 6.92 Å². The number of halogens is 1. The first-order valence-electron chi connectivity index (χ1n) is 9.10. The lowest BCUT2D eigenvalue weighted by atomic mass is 9.97. The van der Waals surface area contributed by atoms with Crippen LogP contribution in [0, 0.1) is 6.92 Å². The van der Waals surface area contributed by atoms with E-state index in [4.69, 9.17) is 10.1 Å². The fourth-order valence-electron chi connectivity index (χ4n) is 3.27. The summed E-state index contributed by atoms with van der Waals surface area (Å²) in [5.41, 5.74) is 3.62. The summed E-state index contributed by atoms with van der Waals surface area (Å²) in [5.74, 6) is -1.15. The van der Waals surface area contributed by atoms with Crippen molar-refractivity contribution in [1.82, 2.24) is 9.97 Å². The number of pyridine rings is 2. The van der Waals surface area contributed by atoms with E-state index in [1.54, 1.807) is 0 Å². The second-order valence-corrected chi connectivity index (χ2v) is 7.59. The predicted octanol–water partition coefficient (Wildman–Crippen LogP) is 5.32. The van der Waals surface area contributed by atoms with E-state index in [1.807, 2.05) is 55.5 Å². The summed E-state index contributed by atoms with van der Waals surface area (Å²) >= 11 is 3.46. The van der Waals surface area contributed by atoms with Crippen LogP contribution in [0.4, 0.5) is 5.82 Å². The number of carboxylic acids is 1. The number of hydrogen-bond donors (Lipinski definition) is 2. The lowest BCUT2D eigenvalue weighted by Gasteiger charge is -2.15. The van der Waals surface area contributed by atoms with E-state index in [1.165, 1.54) is 18.3 Å². The van der Waals surface area contributed by atoms with E-state index in [2.05, 4.69) is 26.2 Å². The van der Waals surface area contributed by atoms with Gasteiger partial charge in [-0.15, -0.1) is 0 Å². The highest BCUT2D eigenvalue weighted by Gasteiger charge is 2.20. The highest BCUT2D eigenvalue weighted by atomic mass is 79.9. The molecule has 2 heterocycles. The molecular formula is C23H16BrN3O3. The van der Waals surface area contributed by atoms with Gasteiger partial charge in [0, 0.05) is 21.6 Å². The van der Waals surface area contributed by atoms with Crippen LogP contribution >= 0.6 is 15.9 Å². The van der Waals surface area contributed by atoms with Gasteiger partial charge in [0.1, 0.15) is 5.82 Å². The normalized spacial score (nSPS) is 10.7. The highest BCUT2D eigenvalue weighted by Crippen LogP contribution is 2.31. The number of rotatable bonds is 4. The highest BCUT2D eigenvalue weighted by molar-refractivity contribution is 9.10. The summed E-state index contributed by atoms with van der Waals surface area (Å²) < 4.78 is 0.835. The molecule has 2 aromatic carbocycles. The van der Waals surface area contributed by atoms with Crippen molar-refractivity contribution in [2.75, 3.05) is 5.32 Å². The largest absolute Gasteiger partial charge is 0.478 e. The second-order valence-electron chi connectivity index (χ2n) is 6.68. The van der Waals surface area contributed by atoms with Crippen LogP contribution in [0.2, 0.25) is 0 Å². The summed E-state index contributed by atoms with van der Waals surface area (Å²) in [7, 11) is 0. The Hall–Kier alpha value is -3.58. The Morgan fingerprint density at radius 3 is 2.47 bits per heavy atom. The molecule has 0 radical (unpaired) electrons. The summed E-state index contributed by atoms with van der Waals surface area (Å²) in [5, 5.41) is 12.5. The number of carboxylic acid groups (broad SMARTS) is 1. The molecule has 2 N–H and O–H groups in total. The molecular weight excluding hydrogens is 446 g/mol. The fraction of sp³-hybridized carbons (Fsp3) is 0.0435. The van der Waals surface area contributed by atoms with Crippen molar-refractivity contribution >= 4 is 44.5 Å². The Balaban J connectivity index is 1.83. The number of carbonyl (C=O) groups is 2. The molecule has 2 aromatic heterocycles. The van der Waals surface area contributed by atoms with E-state index in [-0.39, 0.29) is 17.3 Å². The molecule has 4 rings (SSSR count). The minimum atomic E-state index is -1.08. The summed E-state index contributed by atoms with van der Waals surface area (Å²) in [6.07, 6.45) is 1.21. The zero-order valence-corrected chi connectivity index (χ0v) is 17.5. The number of benzene rings is 2. The van der Waals surface area contributed by atoms with E-state index in [0.717, 1.165) is 21.3 Å². The topological polar surface area (TPSA) is 92.2 Å². The van der Waals surface area contributed by atoms with Gasteiger partial charge in [-0.25, -0.2) is 14.8 Å². The van der Waals surface area contributed by atoms with Gasteiger partial charge in [0.2, 0.25) is 0 Å². The average Bonchev–Trinajstić information content (AvgIpc) is 2.74. The smallest absolute Gasteiger partial charge is 0.337 e. The molecule has 7 heteroatoms. The number of aromatic nitrogens is 2. The van der Waals surface area contributed by atoms with Crippen LogP contribution in [0.25, 0.3) is 22.2 Å². The molecule has 0 saturated carbocycles. The minimum Gasteiger partial charge on any atom is -0.478 e. The molecule has 4 aromatic rings. The maximum Gasteiger partial charge on any atom is 0.337 e. The third-order valence-corrected chi connectivity index (χ3v) is 5.21. The molecule has 30 heavy (non-hydrogen) atoms. The van der Waals surface area contributed by atoms with Crippen LogP contribution in [0.1, 0.15) is 26.3 Å². The van der Waals surface area contributed by atoms with Crippen LogP contribution < -0.4 is 5.32 Å². The maximum absolute atomic E-state index is 13.3. The molecule has 0 unspecified atom stereocenters. The monoisotopic (exact) mass is 461 g/mol. The Labute approximate surface area is 180 Å². The zero-order valence-electron chi connectivity index (χ0n) is 15.9. The first kappa shape index (κ1) is 19.7. The van der Waals surface area contributed by atoms with Crippen LogP contribution in [-0.2, 0) is 0 Å². The number of anilines is 1. The molecule has 0 atom stereocenters. The van der Waals surface area contributed by atoms with E-state index < -0.39 is 5.97 Å². The summed E-state index contributed by atoms with van der Waals surface area (Å²) in [6, 6.07) is 18.2. The lowest BCUT2D eigenvalue weighted by molar-refractivity contribution is 0.0696. The number of nitrogens with zero attached hydrogens (tertiary/aromatic N) is 2. The van der Waals surface area contributed by atoms with Gasteiger partial charge >= 0.3 is 5.97 Å². The van der Waals surface area contributed by atoms with Gasteiger partial charge in [-0.2, -0.15) is 0 Å². The average molecular weight is 462 g/mol. The van der Waals surface area contributed by atoms with E-state index >= 15 is 0 Å². The number of aromatic carboxylic acids is 1. The van der Waals surface area contributed by atoms with Crippen LogP contribution in [0.15, 0.2) is 71.3 Å². The summed E-state index contributed by atoms with van der Waals surface area (Å²) in [4.78, 5) is 33.1. The quantitative estimate of drug-likeness (QED) is 0.429. The van der Waals surface area contributed by atoms with Crippen molar-refractivity contribution in [3.8, 4) is 11.3 Å². The van der Waals surface area contributed by atoms with Gasteiger partial charge in [-0.3, -0.25) is 4.79 Å². The lowest BCUT2D eigenvalue weighted by Crippen LogP contribution is -2.16. The third-order valence-electron chi connectivity index (χ3n) is 4.72. The van der Waals surface area contributed by atoms with E-state index in [9.17, 15) is 9.59 Å².